The average molecular weight is 298 g/mol. The minimum Gasteiger partial charge on any atom is -0.360 e. The van der Waals surface area contributed by atoms with Crippen molar-refractivity contribution in [3.63, 3.8) is 0 Å². The van der Waals surface area contributed by atoms with Crippen molar-refractivity contribution < 1.29 is 4.57 Å². The maximum Gasteiger partial charge on any atom is 0.238 e. The molecule has 0 amide bonds. The lowest BCUT2D eigenvalue weighted by atomic mass is 10.1. The molecule has 5 rings (SSSR count). The van der Waals surface area contributed by atoms with Gasteiger partial charge in [-0.3, -0.25) is 0 Å². The average Bonchev–Trinajstić information content (AvgIpc) is 3.16. The summed E-state index contributed by atoms with van der Waals surface area (Å²) >= 11 is 0. The summed E-state index contributed by atoms with van der Waals surface area (Å²) in [6, 6.07) is 19.1. The highest BCUT2D eigenvalue weighted by Crippen LogP contribution is 2.33. The van der Waals surface area contributed by atoms with E-state index in [9.17, 15) is 0 Å². The van der Waals surface area contributed by atoms with Crippen molar-refractivity contribution in [1.82, 2.24) is 9.97 Å². The standard InChI is InChI=1S/C20H15N3/c1-23-11-10-15-13-6-3-5-9-18(13)22-19(15)20(23)16-12-21-17-8-4-2-7-14(16)17/h2-12H,1H3,(H,21,22)/p+1. The molecule has 5 aromatic rings. The summed E-state index contributed by atoms with van der Waals surface area (Å²) in [6.45, 7) is 0. The number of pyridine rings is 1. The number of para-hydroxylation sites is 2. The van der Waals surface area contributed by atoms with Crippen LogP contribution in [0.25, 0.3) is 44.0 Å². The van der Waals surface area contributed by atoms with E-state index in [1.165, 1.54) is 38.4 Å². The van der Waals surface area contributed by atoms with Crippen LogP contribution < -0.4 is 4.57 Å². The summed E-state index contributed by atoms with van der Waals surface area (Å²) in [7, 11) is 2.10. The van der Waals surface area contributed by atoms with Gasteiger partial charge in [0.2, 0.25) is 5.69 Å². The van der Waals surface area contributed by atoms with Gasteiger partial charge in [0.25, 0.3) is 0 Å². The number of aromatic nitrogens is 3. The Labute approximate surface area is 133 Å². The molecule has 0 unspecified atom stereocenters. The number of fused-ring (bicyclic) bond motifs is 4. The second kappa shape index (κ2) is 4.46. The topological polar surface area (TPSA) is 35.5 Å². The molecule has 0 bridgehead atoms. The first kappa shape index (κ1) is 12.5. The van der Waals surface area contributed by atoms with Crippen molar-refractivity contribution in [2.45, 2.75) is 0 Å². The molecule has 110 valence electrons. The maximum atomic E-state index is 3.61. The monoisotopic (exact) mass is 298 g/mol. The molecule has 2 aromatic carbocycles. The van der Waals surface area contributed by atoms with E-state index in [0.717, 1.165) is 5.52 Å². The Kier molecular flexibility index (Phi) is 2.42. The number of hydrogen-bond donors (Lipinski definition) is 2. The molecule has 0 saturated carbocycles. The van der Waals surface area contributed by atoms with E-state index in [1.807, 2.05) is 0 Å². The minimum absolute atomic E-state index is 1.16. The first-order valence-corrected chi connectivity index (χ1v) is 7.78. The van der Waals surface area contributed by atoms with Gasteiger partial charge in [-0.25, -0.2) is 0 Å². The molecule has 0 aliphatic carbocycles. The van der Waals surface area contributed by atoms with Gasteiger partial charge in [0, 0.05) is 39.5 Å². The Balaban J connectivity index is 1.96. The number of aryl methyl sites for hydroxylation is 1. The number of benzene rings is 2. The Morgan fingerprint density at radius 1 is 0.783 bits per heavy atom. The molecular weight excluding hydrogens is 282 g/mol. The molecule has 0 aliphatic rings. The van der Waals surface area contributed by atoms with Crippen LogP contribution in [0.4, 0.5) is 0 Å². The smallest absolute Gasteiger partial charge is 0.238 e. The van der Waals surface area contributed by atoms with Crippen LogP contribution in [0.15, 0.2) is 67.0 Å². The van der Waals surface area contributed by atoms with Crippen molar-refractivity contribution in [2.75, 3.05) is 0 Å². The van der Waals surface area contributed by atoms with Crippen LogP contribution in [0.3, 0.4) is 0 Å². The fourth-order valence-corrected chi connectivity index (χ4v) is 3.55. The molecule has 2 N–H and O–H groups in total. The highest BCUT2D eigenvalue weighted by Gasteiger charge is 2.21. The van der Waals surface area contributed by atoms with Crippen molar-refractivity contribution >= 4 is 32.7 Å². The van der Waals surface area contributed by atoms with Gasteiger partial charge >= 0.3 is 0 Å². The van der Waals surface area contributed by atoms with Gasteiger partial charge in [-0.1, -0.05) is 36.4 Å². The summed E-state index contributed by atoms with van der Waals surface area (Å²) in [5, 5.41) is 3.78. The molecule has 0 fully saturated rings. The fraction of sp³-hybridized carbons (Fsp3) is 0.0500. The largest absolute Gasteiger partial charge is 0.360 e. The van der Waals surface area contributed by atoms with Crippen molar-refractivity contribution in [1.29, 1.82) is 0 Å². The van der Waals surface area contributed by atoms with Crippen molar-refractivity contribution in [3.05, 3.63) is 67.0 Å². The Hall–Kier alpha value is -3.07. The third kappa shape index (κ3) is 1.67. The number of rotatable bonds is 1. The maximum absolute atomic E-state index is 3.61. The summed E-state index contributed by atoms with van der Waals surface area (Å²) < 4.78 is 2.19. The second-order valence-electron chi connectivity index (χ2n) is 5.98. The van der Waals surface area contributed by atoms with Crippen molar-refractivity contribution in [3.8, 4) is 11.3 Å². The van der Waals surface area contributed by atoms with E-state index in [1.54, 1.807) is 0 Å². The van der Waals surface area contributed by atoms with Crippen LogP contribution in [0, 0.1) is 0 Å². The lowest BCUT2D eigenvalue weighted by Gasteiger charge is -2.01. The summed E-state index contributed by atoms with van der Waals surface area (Å²) in [4.78, 5) is 6.99. The zero-order valence-electron chi connectivity index (χ0n) is 12.8. The Morgan fingerprint density at radius 2 is 1.52 bits per heavy atom. The summed E-state index contributed by atoms with van der Waals surface area (Å²) in [6.07, 6.45) is 4.24. The van der Waals surface area contributed by atoms with Gasteiger partial charge in [-0.15, -0.1) is 0 Å². The molecule has 3 aromatic heterocycles. The van der Waals surface area contributed by atoms with Crippen LogP contribution in [0.1, 0.15) is 0 Å². The predicted molar refractivity (Wildman–Crippen MR) is 94.3 cm³/mol. The Morgan fingerprint density at radius 3 is 2.39 bits per heavy atom. The molecule has 0 radical (unpaired) electrons. The first-order chi connectivity index (χ1) is 11.3. The molecule has 0 saturated heterocycles. The number of H-pyrrole nitrogens is 2. The van der Waals surface area contributed by atoms with E-state index in [2.05, 4.69) is 88.6 Å². The molecule has 23 heavy (non-hydrogen) atoms. The SMILES string of the molecule is C[n+]1ccc2c([nH]c3ccccc32)c1-c1c[nH]c2ccccc12. The number of hydrogen-bond acceptors (Lipinski definition) is 0. The molecule has 3 heteroatoms. The summed E-state index contributed by atoms with van der Waals surface area (Å²) in [5.41, 5.74) is 5.95. The number of nitrogens with one attached hydrogen (secondary N) is 2. The van der Waals surface area contributed by atoms with E-state index in [0.29, 0.717) is 0 Å². The summed E-state index contributed by atoms with van der Waals surface area (Å²) in [5.74, 6) is 0. The van der Waals surface area contributed by atoms with E-state index in [-0.39, 0.29) is 0 Å². The third-order valence-corrected chi connectivity index (χ3v) is 4.64. The number of aromatic amines is 2. The highest BCUT2D eigenvalue weighted by molar-refractivity contribution is 6.12. The van der Waals surface area contributed by atoms with Gasteiger partial charge in [0.05, 0.1) is 5.56 Å². The van der Waals surface area contributed by atoms with Crippen LogP contribution >= 0.6 is 0 Å². The van der Waals surface area contributed by atoms with Crippen molar-refractivity contribution in [2.24, 2.45) is 7.05 Å². The molecule has 3 nitrogen and oxygen atoms in total. The molecule has 0 spiro atoms. The lowest BCUT2D eigenvalue weighted by molar-refractivity contribution is -0.659. The second-order valence-corrected chi connectivity index (χ2v) is 5.98. The zero-order chi connectivity index (χ0) is 15.4. The van der Waals surface area contributed by atoms with Gasteiger partial charge in [0.1, 0.15) is 12.6 Å². The predicted octanol–water partition coefficient (Wildman–Crippen LogP) is 4.29. The van der Waals surface area contributed by atoms with E-state index < -0.39 is 0 Å². The van der Waals surface area contributed by atoms with Gasteiger partial charge in [-0.2, -0.15) is 4.57 Å². The van der Waals surface area contributed by atoms with Crippen LogP contribution in [-0.4, -0.2) is 9.97 Å². The number of nitrogens with zero attached hydrogens (tertiary/aromatic N) is 1. The molecular formula is C20H16N3+. The van der Waals surface area contributed by atoms with Crippen LogP contribution in [-0.2, 0) is 7.05 Å². The zero-order valence-corrected chi connectivity index (χ0v) is 12.8. The highest BCUT2D eigenvalue weighted by atomic mass is 14.9. The van der Waals surface area contributed by atoms with Gasteiger partial charge < -0.3 is 9.97 Å². The lowest BCUT2D eigenvalue weighted by Crippen LogP contribution is -2.30. The fourth-order valence-electron chi connectivity index (χ4n) is 3.55. The normalized spacial score (nSPS) is 11.7. The molecule has 0 aliphatic heterocycles. The van der Waals surface area contributed by atoms with E-state index in [4.69, 9.17) is 0 Å². The van der Waals surface area contributed by atoms with Crippen LogP contribution in [0.2, 0.25) is 0 Å². The van der Waals surface area contributed by atoms with E-state index >= 15 is 0 Å². The van der Waals surface area contributed by atoms with Gasteiger partial charge in [-0.05, 0) is 12.1 Å². The molecule has 3 heterocycles. The molecule has 0 atom stereocenters. The van der Waals surface area contributed by atoms with Crippen LogP contribution in [0.5, 0.6) is 0 Å². The third-order valence-electron chi connectivity index (χ3n) is 4.64. The Bertz CT molecular complexity index is 1180. The minimum atomic E-state index is 1.16. The quantitative estimate of drug-likeness (QED) is 0.433. The first-order valence-electron chi connectivity index (χ1n) is 7.78. The van der Waals surface area contributed by atoms with Gasteiger partial charge in [0.15, 0.2) is 6.20 Å².